The Balaban J connectivity index is 2.28. The highest BCUT2D eigenvalue weighted by atomic mass is 35.5. The SMILES string of the molecule is CCCNCCOc1ccc(Cl)c(Cl)c1. The van der Waals surface area contributed by atoms with Crippen molar-refractivity contribution in [3.63, 3.8) is 0 Å². The first-order valence-corrected chi connectivity index (χ1v) is 5.78. The fraction of sp³-hybridized carbons (Fsp3) is 0.455. The quantitative estimate of drug-likeness (QED) is 0.779. The summed E-state index contributed by atoms with van der Waals surface area (Å²) in [6.45, 7) is 4.63. The minimum absolute atomic E-state index is 0.524. The fourth-order valence-corrected chi connectivity index (χ4v) is 1.40. The van der Waals surface area contributed by atoms with E-state index in [-0.39, 0.29) is 0 Å². The molecule has 0 heterocycles. The van der Waals surface area contributed by atoms with Crippen molar-refractivity contribution in [2.75, 3.05) is 19.7 Å². The molecule has 1 rings (SSSR count). The molecule has 0 atom stereocenters. The van der Waals surface area contributed by atoms with Crippen LogP contribution in [0.2, 0.25) is 10.0 Å². The van der Waals surface area contributed by atoms with Crippen molar-refractivity contribution in [1.29, 1.82) is 0 Å². The lowest BCUT2D eigenvalue weighted by Gasteiger charge is -2.07. The summed E-state index contributed by atoms with van der Waals surface area (Å²) in [6.07, 6.45) is 1.13. The molecule has 2 nitrogen and oxygen atoms in total. The van der Waals surface area contributed by atoms with Gasteiger partial charge in [-0.05, 0) is 25.1 Å². The standard InChI is InChI=1S/C11H15Cl2NO/c1-2-5-14-6-7-15-9-3-4-10(12)11(13)8-9/h3-4,8,14H,2,5-7H2,1H3. The van der Waals surface area contributed by atoms with Crippen LogP contribution in [0.25, 0.3) is 0 Å². The molecule has 84 valence electrons. The molecule has 15 heavy (non-hydrogen) atoms. The van der Waals surface area contributed by atoms with Crippen molar-refractivity contribution < 1.29 is 4.74 Å². The van der Waals surface area contributed by atoms with Gasteiger partial charge in [0.1, 0.15) is 12.4 Å². The Labute approximate surface area is 101 Å². The van der Waals surface area contributed by atoms with E-state index in [9.17, 15) is 0 Å². The summed E-state index contributed by atoms with van der Waals surface area (Å²) < 4.78 is 5.48. The normalized spacial score (nSPS) is 10.3. The second-order valence-electron chi connectivity index (χ2n) is 3.17. The Morgan fingerprint density at radius 3 is 2.67 bits per heavy atom. The third-order valence-electron chi connectivity index (χ3n) is 1.87. The molecule has 0 fully saturated rings. The zero-order chi connectivity index (χ0) is 11.1. The Morgan fingerprint density at radius 1 is 1.20 bits per heavy atom. The molecule has 0 saturated carbocycles. The predicted octanol–water partition coefficient (Wildman–Crippen LogP) is 3.37. The molecule has 0 aliphatic heterocycles. The van der Waals surface area contributed by atoms with Gasteiger partial charge in [0.2, 0.25) is 0 Å². The number of hydrogen-bond donors (Lipinski definition) is 1. The molecular formula is C11H15Cl2NO. The topological polar surface area (TPSA) is 21.3 Å². The molecule has 1 aromatic rings. The zero-order valence-electron chi connectivity index (χ0n) is 8.72. The van der Waals surface area contributed by atoms with E-state index in [0.717, 1.165) is 25.3 Å². The van der Waals surface area contributed by atoms with Gasteiger partial charge >= 0.3 is 0 Å². The molecule has 0 aromatic heterocycles. The Kier molecular flexibility index (Phi) is 5.84. The zero-order valence-corrected chi connectivity index (χ0v) is 10.2. The molecule has 0 unspecified atom stereocenters. The van der Waals surface area contributed by atoms with E-state index in [1.165, 1.54) is 0 Å². The van der Waals surface area contributed by atoms with E-state index >= 15 is 0 Å². The van der Waals surface area contributed by atoms with Gasteiger partial charge < -0.3 is 10.1 Å². The molecule has 0 amide bonds. The Bertz CT molecular complexity index is 305. The van der Waals surface area contributed by atoms with Crippen LogP contribution in [0.3, 0.4) is 0 Å². The van der Waals surface area contributed by atoms with Gasteiger partial charge in [-0.1, -0.05) is 30.1 Å². The van der Waals surface area contributed by atoms with E-state index < -0.39 is 0 Å². The summed E-state index contributed by atoms with van der Waals surface area (Å²) in [5.74, 6) is 0.752. The van der Waals surface area contributed by atoms with Crippen LogP contribution in [-0.2, 0) is 0 Å². The van der Waals surface area contributed by atoms with Gasteiger partial charge in [0.05, 0.1) is 10.0 Å². The monoisotopic (exact) mass is 247 g/mol. The van der Waals surface area contributed by atoms with E-state index in [2.05, 4.69) is 12.2 Å². The van der Waals surface area contributed by atoms with Gasteiger partial charge in [-0.2, -0.15) is 0 Å². The maximum atomic E-state index is 5.85. The molecular weight excluding hydrogens is 233 g/mol. The minimum atomic E-state index is 0.524. The summed E-state index contributed by atoms with van der Waals surface area (Å²) in [6, 6.07) is 5.27. The third kappa shape index (κ3) is 4.74. The van der Waals surface area contributed by atoms with Crippen LogP contribution in [0.5, 0.6) is 5.75 Å². The molecule has 0 spiro atoms. The summed E-state index contributed by atoms with van der Waals surface area (Å²) in [5.41, 5.74) is 0. The second-order valence-corrected chi connectivity index (χ2v) is 3.99. The lowest BCUT2D eigenvalue weighted by Crippen LogP contribution is -2.21. The van der Waals surface area contributed by atoms with E-state index in [1.54, 1.807) is 12.1 Å². The highest BCUT2D eigenvalue weighted by molar-refractivity contribution is 6.42. The summed E-state index contributed by atoms with van der Waals surface area (Å²) in [4.78, 5) is 0. The molecule has 0 aliphatic rings. The van der Waals surface area contributed by atoms with Gasteiger partial charge in [0.25, 0.3) is 0 Å². The summed E-state index contributed by atoms with van der Waals surface area (Å²) in [5, 5.41) is 4.32. The van der Waals surface area contributed by atoms with Crippen molar-refractivity contribution in [2.24, 2.45) is 0 Å². The average Bonchev–Trinajstić information content (AvgIpc) is 2.23. The molecule has 0 saturated heterocycles. The molecule has 0 aliphatic carbocycles. The lowest BCUT2D eigenvalue weighted by molar-refractivity contribution is 0.314. The highest BCUT2D eigenvalue weighted by Gasteiger charge is 1.99. The maximum Gasteiger partial charge on any atom is 0.120 e. The molecule has 4 heteroatoms. The lowest BCUT2D eigenvalue weighted by atomic mass is 10.3. The van der Waals surface area contributed by atoms with Crippen molar-refractivity contribution in [1.82, 2.24) is 5.32 Å². The number of nitrogens with one attached hydrogen (secondary N) is 1. The predicted molar refractivity (Wildman–Crippen MR) is 65.1 cm³/mol. The third-order valence-corrected chi connectivity index (χ3v) is 2.60. The van der Waals surface area contributed by atoms with Crippen LogP contribution in [0.1, 0.15) is 13.3 Å². The van der Waals surface area contributed by atoms with Crippen molar-refractivity contribution in [2.45, 2.75) is 13.3 Å². The van der Waals surface area contributed by atoms with Gasteiger partial charge in [0.15, 0.2) is 0 Å². The van der Waals surface area contributed by atoms with Crippen LogP contribution in [0, 0.1) is 0 Å². The Hall–Kier alpha value is -0.440. The first-order valence-electron chi connectivity index (χ1n) is 5.02. The number of rotatable bonds is 6. The molecule has 1 N–H and O–H groups in total. The number of halogens is 2. The van der Waals surface area contributed by atoms with Crippen LogP contribution in [0.15, 0.2) is 18.2 Å². The average molecular weight is 248 g/mol. The van der Waals surface area contributed by atoms with Crippen molar-refractivity contribution in [3.05, 3.63) is 28.2 Å². The van der Waals surface area contributed by atoms with Crippen LogP contribution in [-0.4, -0.2) is 19.7 Å². The van der Waals surface area contributed by atoms with Gasteiger partial charge in [-0.3, -0.25) is 0 Å². The van der Waals surface area contributed by atoms with E-state index in [4.69, 9.17) is 27.9 Å². The highest BCUT2D eigenvalue weighted by Crippen LogP contribution is 2.26. The van der Waals surface area contributed by atoms with Crippen molar-refractivity contribution >= 4 is 23.2 Å². The minimum Gasteiger partial charge on any atom is -0.492 e. The van der Waals surface area contributed by atoms with Crippen LogP contribution >= 0.6 is 23.2 Å². The molecule has 0 bridgehead atoms. The van der Waals surface area contributed by atoms with Gasteiger partial charge in [0, 0.05) is 12.6 Å². The maximum absolute atomic E-state index is 5.85. The van der Waals surface area contributed by atoms with Gasteiger partial charge in [-0.15, -0.1) is 0 Å². The van der Waals surface area contributed by atoms with E-state index in [0.29, 0.717) is 16.7 Å². The van der Waals surface area contributed by atoms with Crippen molar-refractivity contribution in [3.8, 4) is 5.75 Å². The van der Waals surface area contributed by atoms with Crippen LogP contribution in [0.4, 0.5) is 0 Å². The fourth-order valence-electron chi connectivity index (χ4n) is 1.11. The van der Waals surface area contributed by atoms with E-state index in [1.807, 2.05) is 6.07 Å². The smallest absolute Gasteiger partial charge is 0.120 e. The second kappa shape index (κ2) is 6.94. The summed E-state index contributed by atoms with van der Waals surface area (Å²) in [7, 11) is 0. The molecule has 0 radical (unpaired) electrons. The first-order chi connectivity index (χ1) is 7.24. The number of benzene rings is 1. The first kappa shape index (κ1) is 12.6. The molecule has 1 aromatic carbocycles. The number of hydrogen-bond acceptors (Lipinski definition) is 2. The van der Waals surface area contributed by atoms with Gasteiger partial charge in [-0.25, -0.2) is 0 Å². The summed E-state index contributed by atoms with van der Waals surface area (Å²) >= 11 is 11.6. The number of ether oxygens (including phenoxy) is 1. The van der Waals surface area contributed by atoms with Crippen LogP contribution < -0.4 is 10.1 Å². The largest absolute Gasteiger partial charge is 0.492 e. The Morgan fingerprint density at radius 2 is 2.00 bits per heavy atom.